The topological polar surface area (TPSA) is 139 Å². The third-order valence-corrected chi connectivity index (χ3v) is 8.53. The van der Waals surface area contributed by atoms with Gasteiger partial charge in [0.25, 0.3) is 5.91 Å². The summed E-state index contributed by atoms with van der Waals surface area (Å²) in [7, 11) is 0.0607. The van der Waals surface area contributed by atoms with Gasteiger partial charge in [0.2, 0.25) is 5.91 Å². The van der Waals surface area contributed by atoms with E-state index in [1.165, 1.54) is 24.3 Å². The number of benzene rings is 3. The van der Waals surface area contributed by atoms with Gasteiger partial charge in [-0.3, -0.25) is 14.2 Å². The number of methoxy groups -OCH3 is 1. The number of hydrogen-bond donors (Lipinski definition) is 4. The summed E-state index contributed by atoms with van der Waals surface area (Å²) in [5, 5.41) is 34.0. The largest absolute Gasteiger partial charge is 0.497 e. The highest BCUT2D eigenvalue weighted by Gasteiger charge is 2.33. The standard InChI is InChI=1S/C34H37BClN5O5/c1-4-22-18-28(23-8-12-26(36)13-9-23)30-19-27(46-3)14-15-31(30)41-21(2)39-40-33(41)29(22)20-32(42)37-16-5-17-38-34(43)24-6-10-25(11-7-24)35(44)45/h6-15,18-19,22,29,44-45H,4-5,16-17,20H2,1-3H3,(H,37,42)(H,38,43). The summed E-state index contributed by atoms with van der Waals surface area (Å²) in [6.45, 7) is 4.77. The number of carbonyl (C=O) groups excluding carboxylic acids is 2. The van der Waals surface area contributed by atoms with Gasteiger partial charge in [-0.1, -0.05) is 48.9 Å². The number of nitrogens with zero attached hydrogens (tertiary/aromatic N) is 3. The monoisotopic (exact) mass is 641 g/mol. The van der Waals surface area contributed by atoms with Gasteiger partial charge in [0.15, 0.2) is 0 Å². The maximum Gasteiger partial charge on any atom is 0.488 e. The molecule has 0 spiro atoms. The molecule has 1 aromatic heterocycles. The Bertz CT molecular complexity index is 1720. The third kappa shape index (κ3) is 7.33. The highest BCUT2D eigenvalue weighted by atomic mass is 35.5. The summed E-state index contributed by atoms with van der Waals surface area (Å²) in [6, 6.07) is 19.7. The van der Waals surface area contributed by atoms with Crippen LogP contribution in [0.1, 0.15) is 65.2 Å². The number of ether oxygens (including phenoxy) is 1. The number of carbonyl (C=O) groups is 2. The number of nitrogens with one attached hydrogen (secondary N) is 2. The second-order valence-corrected chi connectivity index (χ2v) is 11.7. The molecule has 4 aromatic rings. The van der Waals surface area contributed by atoms with Crippen molar-refractivity contribution in [2.24, 2.45) is 5.92 Å². The van der Waals surface area contributed by atoms with E-state index < -0.39 is 7.12 Å². The molecule has 4 N–H and O–H groups in total. The molecular formula is C34H37BClN5O5. The van der Waals surface area contributed by atoms with E-state index in [1.807, 2.05) is 54.0 Å². The van der Waals surface area contributed by atoms with Crippen molar-refractivity contribution in [3.8, 4) is 11.4 Å². The van der Waals surface area contributed by atoms with Crippen LogP contribution in [0.25, 0.3) is 11.3 Å². The molecule has 238 valence electrons. The number of aryl methyl sites for hydroxylation is 1. The Morgan fingerprint density at radius 1 is 1.00 bits per heavy atom. The fourth-order valence-electron chi connectivity index (χ4n) is 5.81. The lowest BCUT2D eigenvalue weighted by molar-refractivity contribution is -0.121. The highest BCUT2D eigenvalue weighted by molar-refractivity contribution is 6.58. The van der Waals surface area contributed by atoms with Crippen molar-refractivity contribution in [1.29, 1.82) is 0 Å². The molecule has 2 atom stereocenters. The fraction of sp³-hybridized carbons (Fsp3) is 0.294. The first-order valence-corrected chi connectivity index (χ1v) is 15.7. The lowest BCUT2D eigenvalue weighted by Crippen LogP contribution is -2.32. The van der Waals surface area contributed by atoms with Crippen LogP contribution in [0.3, 0.4) is 0 Å². The molecule has 10 nitrogen and oxygen atoms in total. The summed E-state index contributed by atoms with van der Waals surface area (Å²) in [5.74, 6) is 1.51. The first-order chi connectivity index (χ1) is 22.2. The Balaban J connectivity index is 1.33. The molecule has 0 fully saturated rings. The molecule has 0 saturated carbocycles. The molecule has 0 saturated heterocycles. The molecule has 1 aliphatic heterocycles. The van der Waals surface area contributed by atoms with Crippen molar-refractivity contribution in [1.82, 2.24) is 25.4 Å². The number of hydrogen-bond acceptors (Lipinski definition) is 7. The van der Waals surface area contributed by atoms with Crippen LogP contribution in [-0.4, -0.2) is 63.9 Å². The molecule has 0 bridgehead atoms. The number of allylic oxidation sites excluding steroid dienone is 1. The maximum absolute atomic E-state index is 13.4. The van der Waals surface area contributed by atoms with E-state index in [2.05, 4.69) is 33.8 Å². The van der Waals surface area contributed by atoms with Crippen molar-refractivity contribution in [2.45, 2.75) is 39.0 Å². The van der Waals surface area contributed by atoms with Gasteiger partial charge in [0.1, 0.15) is 17.4 Å². The predicted molar refractivity (Wildman–Crippen MR) is 179 cm³/mol. The minimum absolute atomic E-state index is 0.0317. The van der Waals surface area contributed by atoms with Crippen molar-refractivity contribution in [3.63, 3.8) is 0 Å². The quantitative estimate of drug-likeness (QED) is 0.144. The van der Waals surface area contributed by atoms with Gasteiger partial charge in [-0.2, -0.15) is 0 Å². The van der Waals surface area contributed by atoms with Crippen LogP contribution in [-0.2, 0) is 4.79 Å². The minimum atomic E-state index is -1.59. The molecule has 2 amide bonds. The van der Waals surface area contributed by atoms with E-state index in [-0.39, 0.29) is 30.1 Å². The normalized spacial score (nSPS) is 15.5. The maximum atomic E-state index is 13.4. The molecule has 2 unspecified atom stereocenters. The van der Waals surface area contributed by atoms with Crippen molar-refractivity contribution in [2.75, 3.05) is 20.2 Å². The Hall–Kier alpha value is -4.45. The first kappa shape index (κ1) is 32.9. The Labute approximate surface area is 273 Å². The molecule has 46 heavy (non-hydrogen) atoms. The summed E-state index contributed by atoms with van der Waals surface area (Å²) in [6.07, 6.45) is 3.75. The molecule has 5 rings (SSSR count). The zero-order chi connectivity index (χ0) is 32.8. The van der Waals surface area contributed by atoms with Crippen molar-refractivity contribution >= 4 is 41.6 Å². The van der Waals surface area contributed by atoms with E-state index in [0.29, 0.717) is 35.6 Å². The number of amides is 2. The number of rotatable bonds is 11. The zero-order valence-electron chi connectivity index (χ0n) is 26.0. The predicted octanol–water partition coefficient (Wildman–Crippen LogP) is 3.80. The zero-order valence-corrected chi connectivity index (χ0v) is 26.8. The number of aromatic nitrogens is 3. The van der Waals surface area contributed by atoms with Crippen LogP contribution in [0.5, 0.6) is 5.75 Å². The Morgan fingerprint density at radius 2 is 1.72 bits per heavy atom. The summed E-state index contributed by atoms with van der Waals surface area (Å²) >= 11 is 6.25. The van der Waals surface area contributed by atoms with Crippen LogP contribution in [0.15, 0.2) is 72.8 Å². The SMILES string of the molecule is CCC1C=C(c2ccc(Cl)cc2)c2cc(OC)ccc2-n2c(C)nnc2C1CC(=O)NCCCNC(=O)c1ccc(B(O)O)cc1. The number of fused-ring (bicyclic) bond motifs is 3. The van der Waals surface area contributed by atoms with Crippen LogP contribution >= 0.6 is 11.6 Å². The van der Waals surface area contributed by atoms with Gasteiger partial charge in [-0.25, -0.2) is 0 Å². The summed E-state index contributed by atoms with van der Waals surface area (Å²) in [5.41, 5.74) is 4.60. The van der Waals surface area contributed by atoms with Gasteiger partial charge in [0, 0.05) is 41.6 Å². The second-order valence-electron chi connectivity index (χ2n) is 11.2. The van der Waals surface area contributed by atoms with E-state index >= 15 is 0 Å². The van der Waals surface area contributed by atoms with Gasteiger partial charge >= 0.3 is 7.12 Å². The molecule has 3 aromatic carbocycles. The van der Waals surface area contributed by atoms with E-state index in [1.54, 1.807) is 7.11 Å². The fourth-order valence-corrected chi connectivity index (χ4v) is 5.93. The first-order valence-electron chi connectivity index (χ1n) is 15.3. The average Bonchev–Trinajstić information content (AvgIpc) is 3.44. The van der Waals surface area contributed by atoms with E-state index in [4.69, 9.17) is 16.3 Å². The lowest BCUT2D eigenvalue weighted by atomic mass is 9.80. The molecular weight excluding hydrogens is 605 g/mol. The van der Waals surface area contributed by atoms with E-state index in [9.17, 15) is 19.6 Å². The summed E-state index contributed by atoms with van der Waals surface area (Å²) < 4.78 is 7.65. The Kier molecular flexibility index (Phi) is 10.6. The van der Waals surface area contributed by atoms with Gasteiger partial charge in [-0.05, 0) is 84.7 Å². The average molecular weight is 642 g/mol. The van der Waals surface area contributed by atoms with Crippen molar-refractivity contribution < 1.29 is 24.4 Å². The van der Waals surface area contributed by atoms with Crippen LogP contribution in [0.2, 0.25) is 5.02 Å². The van der Waals surface area contributed by atoms with Crippen LogP contribution in [0, 0.1) is 12.8 Å². The highest BCUT2D eigenvalue weighted by Crippen LogP contribution is 2.41. The third-order valence-electron chi connectivity index (χ3n) is 8.28. The molecule has 1 aliphatic rings. The van der Waals surface area contributed by atoms with Gasteiger partial charge < -0.3 is 25.4 Å². The molecule has 2 heterocycles. The number of halogens is 1. The minimum Gasteiger partial charge on any atom is -0.497 e. The second kappa shape index (κ2) is 14.8. The van der Waals surface area contributed by atoms with Crippen LogP contribution < -0.4 is 20.8 Å². The van der Waals surface area contributed by atoms with Gasteiger partial charge in [-0.15, -0.1) is 10.2 Å². The summed E-state index contributed by atoms with van der Waals surface area (Å²) in [4.78, 5) is 25.8. The van der Waals surface area contributed by atoms with Crippen LogP contribution in [0.4, 0.5) is 0 Å². The molecule has 0 radical (unpaired) electrons. The molecule has 0 aliphatic carbocycles. The van der Waals surface area contributed by atoms with Gasteiger partial charge in [0.05, 0.1) is 12.8 Å². The lowest BCUT2D eigenvalue weighted by Gasteiger charge is -2.29. The smallest absolute Gasteiger partial charge is 0.488 e. The Morgan fingerprint density at radius 3 is 2.39 bits per heavy atom. The van der Waals surface area contributed by atoms with E-state index in [0.717, 1.165) is 46.2 Å². The molecule has 12 heteroatoms. The van der Waals surface area contributed by atoms with Crippen molar-refractivity contribution in [3.05, 3.63) is 106 Å².